The Kier molecular flexibility index (Phi) is 6.54. The number of hydrazone groups is 1. The summed E-state index contributed by atoms with van der Waals surface area (Å²) < 4.78 is 20.3. The summed E-state index contributed by atoms with van der Waals surface area (Å²) in [6, 6.07) is 20.9. The van der Waals surface area contributed by atoms with Gasteiger partial charge in [-0.2, -0.15) is 5.10 Å². The van der Waals surface area contributed by atoms with Crippen LogP contribution in [0, 0.1) is 20.2 Å². The van der Waals surface area contributed by atoms with Crippen LogP contribution in [0.5, 0.6) is 0 Å². The largest absolute Gasteiger partial charge is 0.324 e. The van der Waals surface area contributed by atoms with Crippen LogP contribution >= 0.6 is 7.37 Å². The van der Waals surface area contributed by atoms with E-state index in [4.69, 9.17) is 4.52 Å². The van der Waals surface area contributed by atoms with Crippen LogP contribution in [0.4, 0.5) is 17.1 Å². The summed E-state index contributed by atoms with van der Waals surface area (Å²) in [5, 5.41) is 28.4. The van der Waals surface area contributed by atoms with Gasteiger partial charge >= 0.3 is 0 Å². The van der Waals surface area contributed by atoms with E-state index in [2.05, 4.69) is 5.10 Å². The summed E-state index contributed by atoms with van der Waals surface area (Å²) in [4.78, 5) is 21.2. The molecule has 0 unspecified atom stereocenters. The third-order valence-corrected chi connectivity index (χ3v) is 8.33. The van der Waals surface area contributed by atoms with E-state index in [-0.39, 0.29) is 30.0 Å². The number of hydrogen-bond acceptors (Lipinski definition) is 8. The van der Waals surface area contributed by atoms with Crippen molar-refractivity contribution in [2.45, 2.75) is 12.6 Å². The van der Waals surface area contributed by atoms with Gasteiger partial charge in [-0.15, -0.1) is 0 Å². The number of nitro groups is 2. The number of nitrogens with zero attached hydrogens (tertiary/aromatic N) is 4. The second-order valence-electron chi connectivity index (χ2n) is 7.52. The number of rotatable bonds is 7. The Hall–Kier alpha value is -3.88. The zero-order valence-corrected chi connectivity index (χ0v) is 19.1. The van der Waals surface area contributed by atoms with Crippen LogP contribution in [0.2, 0.25) is 0 Å². The molecule has 0 radical (unpaired) electrons. The van der Waals surface area contributed by atoms with Crippen LogP contribution in [0.25, 0.3) is 0 Å². The molecule has 10 nitrogen and oxygen atoms in total. The molecular weight excluding hydrogens is 459 g/mol. The third-order valence-electron chi connectivity index (χ3n) is 5.47. The highest BCUT2D eigenvalue weighted by Gasteiger charge is 2.46. The molecule has 0 aliphatic carbocycles. The fourth-order valence-electron chi connectivity index (χ4n) is 3.84. The molecular formula is C23H21N4O6P. The van der Waals surface area contributed by atoms with Crippen LogP contribution in [0.3, 0.4) is 0 Å². The molecule has 0 spiro atoms. The van der Waals surface area contributed by atoms with Gasteiger partial charge in [0, 0.05) is 29.8 Å². The van der Waals surface area contributed by atoms with Crippen molar-refractivity contribution in [3.05, 3.63) is 110 Å². The van der Waals surface area contributed by atoms with Crippen molar-refractivity contribution in [3.63, 3.8) is 0 Å². The van der Waals surface area contributed by atoms with Crippen LogP contribution < -0.4 is 5.01 Å². The van der Waals surface area contributed by atoms with Crippen molar-refractivity contribution in [1.82, 2.24) is 0 Å². The van der Waals surface area contributed by atoms with Crippen LogP contribution in [-0.4, -0.2) is 28.5 Å². The summed E-state index contributed by atoms with van der Waals surface area (Å²) in [7, 11) is -3.57. The molecule has 1 heterocycles. The Morgan fingerprint density at radius 1 is 0.941 bits per heavy atom. The second-order valence-corrected chi connectivity index (χ2v) is 10.0. The van der Waals surface area contributed by atoms with E-state index in [9.17, 15) is 24.8 Å². The molecule has 11 heteroatoms. The normalized spacial score (nSPS) is 20.0. The van der Waals surface area contributed by atoms with E-state index in [1.165, 1.54) is 36.4 Å². The minimum absolute atomic E-state index is 0.0556. The Balaban J connectivity index is 1.87. The quantitative estimate of drug-likeness (QED) is 0.239. The van der Waals surface area contributed by atoms with E-state index in [0.717, 1.165) is 5.56 Å². The average Bonchev–Trinajstić information content (AvgIpc) is 2.85. The van der Waals surface area contributed by atoms with Gasteiger partial charge in [0.25, 0.3) is 18.7 Å². The van der Waals surface area contributed by atoms with E-state index < -0.39 is 22.9 Å². The predicted molar refractivity (Wildman–Crippen MR) is 128 cm³/mol. The first-order chi connectivity index (χ1) is 16.3. The fraction of sp³-hybridized carbons (Fsp3) is 0.174. The summed E-state index contributed by atoms with van der Waals surface area (Å²) in [5.74, 6) is 0. The van der Waals surface area contributed by atoms with Gasteiger partial charge in [-0.3, -0.25) is 29.8 Å². The van der Waals surface area contributed by atoms with Crippen molar-refractivity contribution in [2.75, 3.05) is 18.2 Å². The molecule has 174 valence electrons. The fourth-order valence-corrected chi connectivity index (χ4v) is 6.49. The molecule has 0 N–H and O–H groups in total. The molecule has 2 atom stereocenters. The van der Waals surface area contributed by atoms with Gasteiger partial charge in [0.2, 0.25) is 0 Å². The van der Waals surface area contributed by atoms with Crippen molar-refractivity contribution >= 4 is 29.9 Å². The lowest BCUT2D eigenvalue weighted by molar-refractivity contribution is -0.385. The lowest BCUT2D eigenvalue weighted by Gasteiger charge is -2.37. The zero-order valence-electron chi connectivity index (χ0n) is 18.2. The van der Waals surface area contributed by atoms with E-state index in [0.29, 0.717) is 11.3 Å². The maximum atomic E-state index is 14.4. The van der Waals surface area contributed by atoms with Crippen molar-refractivity contribution in [1.29, 1.82) is 0 Å². The third kappa shape index (κ3) is 4.46. The summed E-state index contributed by atoms with van der Waals surface area (Å²) >= 11 is 0. The predicted octanol–water partition coefficient (Wildman–Crippen LogP) is 5.74. The Morgan fingerprint density at radius 3 is 2.03 bits per heavy atom. The molecule has 4 rings (SSSR count). The summed E-state index contributed by atoms with van der Waals surface area (Å²) in [6.07, 6.45) is 0. The van der Waals surface area contributed by atoms with Crippen molar-refractivity contribution < 1.29 is 18.9 Å². The average molecular weight is 480 g/mol. The molecule has 0 saturated carbocycles. The molecule has 1 aliphatic heterocycles. The minimum atomic E-state index is -3.57. The lowest BCUT2D eigenvalue weighted by atomic mass is 10.1. The van der Waals surface area contributed by atoms with E-state index >= 15 is 0 Å². The topological polar surface area (TPSA) is 128 Å². The lowest BCUT2D eigenvalue weighted by Crippen LogP contribution is -2.32. The molecule has 0 aromatic heterocycles. The number of anilines is 1. The Morgan fingerprint density at radius 2 is 1.50 bits per heavy atom. The van der Waals surface area contributed by atoms with Crippen LogP contribution in [0.15, 0.2) is 84.0 Å². The van der Waals surface area contributed by atoms with Crippen LogP contribution in [-0.2, 0) is 9.09 Å². The molecule has 0 bridgehead atoms. The molecule has 0 fully saturated rings. The highest BCUT2D eigenvalue weighted by atomic mass is 31.2. The van der Waals surface area contributed by atoms with Gasteiger partial charge in [-0.25, -0.2) is 0 Å². The van der Waals surface area contributed by atoms with Gasteiger partial charge in [0.1, 0.15) is 0 Å². The smallest absolute Gasteiger partial charge is 0.269 e. The molecule has 1 aliphatic rings. The molecule has 0 saturated heterocycles. The first kappa shape index (κ1) is 23.3. The van der Waals surface area contributed by atoms with Crippen molar-refractivity contribution in [2.24, 2.45) is 5.10 Å². The van der Waals surface area contributed by atoms with Gasteiger partial charge in [-0.1, -0.05) is 30.3 Å². The van der Waals surface area contributed by atoms with Gasteiger partial charge in [0.05, 0.1) is 34.3 Å². The summed E-state index contributed by atoms with van der Waals surface area (Å²) in [6.45, 7) is 2.15. The first-order valence-corrected chi connectivity index (χ1v) is 12.2. The highest BCUT2D eigenvalue weighted by molar-refractivity contribution is 7.77. The Labute approximate surface area is 195 Å². The standard InChI is InChI=1S/C23H21N4O6P/c1-2-33-34(32)22(17-6-4-3-5-7-17)16-25(19-12-14-21(15-13-19)27(30)31)24-23(34)18-8-10-20(11-9-18)26(28)29/h3-15,22H,2,16H2,1H3/t22-,34+/m1/s1. The SMILES string of the molecule is CCO[P@]1(=O)C(c2ccc([N+](=O)[O-])cc2)=NN(c2ccc([N+](=O)[O-])cc2)C[C@@H]1c1ccccc1. The molecule has 34 heavy (non-hydrogen) atoms. The minimum Gasteiger partial charge on any atom is -0.324 e. The maximum absolute atomic E-state index is 14.4. The van der Waals surface area contributed by atoms with Crippen LogP contribution in [0.1, 0.15) is 23.7 Å². The van der Waals surface area contributed by atoms with Gasteiger partial charge in [-0.05, 0) is 36.8 Å². The van der Waals surface area contributed by atoms with E-state index in [1.54, 1.807) is 24.1 Å². The van der Waals surface area contributed by atoms with Gasteiger partial charge in [0.15, 0.2) is 5.45 Å². The Bertz CT molecular complexity index is 1280. The molecule has 0 amide bonds. The number of non-ortho nitro benzene ring substituents is 2. The second kappa shape index (κ2) is 9.54. The highest BCUT2D eigenvalue weighted by Crippen LogP contribution is 2.64. The summed E-state index contributed by atoms with van der Waals surface area (Å²) in [5.41, 5.74) is 1.26. The molecule has 3 aromatic rings. The monoisotopic (exact) mass is 480 g/mol. The molecule has 3 aromatic carbocycles. The van der Waals surface area contributed by atoms with Crippen molar-refractivity contribution in [3.8, 4) is 0 Å². The zero-order chi connectivity index (χ0) is 24.3. The first-order valence-electron chi connectivity index (χ1n) is 10.5. The van der Waals surface area contributed by atoms with Gasteiger partial charge < -0.3 is 4.52 Å². The maximum Gasteiger partial charge on any atom is 0.269 e. The number of hydrogen-bond donors (Lipinski definition) is 0. The number of benzene rings is 3. The van der Waals surface area contributed by atoms with E-state index in [1.807, 2.05) is 30.3 Å². The number of nitro benzene ring substituents is 2.